The van der Waals surface area contributed by atoms with Crippen LogP contribution in [0.4, 0.5) is 8.78 Å². The van der Waals surface area contributed by atoms with E-state index in [4.69, 9.17) is 16.3 Å². The van der Waals surface area contributed by atoms with Gasteiger partial charge in [0.05, 0.1) is 12.8 Å². The van der Waals surface area contributed by atoms with Gasteiger partial charge < -0.3 is 4.74 Å². The molecule has 7 heteroatoms. The molecule has 2 aromatic carbocycles. The van der Waals surface area contributed by atoms with E-state index >= 15 is 0 Å². The minimum Gasteiger partial charge on any atom is -0.464 e. The lowest BCUT2D eigenvalue weighted by Gasteiger charge is -2.07. The van der Waals surface area contributed by atoms with Crippen LogP contribution in [0, 0.1) is 11.6 Å². The lowest BCUT2D eigenvalue weighted by atomic mass is 10.1. The summed E-state index contributed by atoms with van der Waals surface area (Å²) in [6.45, 7) is 0. The summed E-state index contributed by atoms with van der Waals surface area (Å²) >= 11 is 5.86. The van der Waals surface area contributed by atoms with Gasteiger partial charge in [0.2, 0.25) is 0 Å². The molecule has 0 aliphatic carbocycles. The Kier molecular flexibility index (Phi) is 4.31. The zero-order valence-corrected chi connectivity index (χ0v) is 13.2. The summed E-state index contributed by atoms with van der Waals surface area (Å²) in [6, 6.07) is 11.3. The maximum Gasteiger partial charge on any atom is 0.356 e. The Balaban J connectivity index is 2.17. The number of benzene rings is 2. The third-order valence-corrected chi connectivity index (χ3v) is 3.63. The van der Waals surface area contributed by atoms with Gasteiger partial charge in [0.15, 0.2) is 11.5 Å². The molecule has 0 radical (unpaired) electrons. The molecule has 0 spiro atoms. The summed E-state index contributed by atoms with van der Waals surface area (Å²) in [5.41, 5.74) is 1.08. The molecule has 0 bridgehead atoms. The molecule has 1 heterocycles. The molecule has 0 fully saturated rings. The van der Waals surface area contributed by atoms with Crippen LogP contribution in [0.5, 0.6) is 0 Å². The molecule has 24 heavy (non-hydrogen) atoms. The third kappa shape index (κ3) is 3.00. The first-order valence-electron chi connectivity index (χ1n) is 6.89. The third-order valence-electron chi connectivity index (χ3n) is 3.38. The second-order valence-electron chi connectivity index (χ2n) is 4.92. The predicted molar refractivity (Wildman–Crippen MR) is 85.3 cm³/mol. The first-order chi connectivity index (χ1) is 11.5. The first-order valence-corrected chi connectivity index (χ1v) is 7.27. The van der Waals surface area contributed by atoms with Crippen LogP contribution in [-0.2, 0) is 4.74 Å². The van der Waals surface area contributed by atoms with Crippen LogP contribution in [0.1, 0.15) is 10.5 Å². The van der Waals surface area contributed by atoms with Gasteiger partial charge in [-0.3, -0.25) is 0 Å². The SMILES string of the molecule is COC(=O)c1cc(-c2ccc(Cl)cc2)nn1-c1ccc(F)cc1F. The highest BCUT2D eigenvalue weighted by atomic mass is 35.5. The predicted octanol–water partition coefficient (Wildman–Crippen LogP) is 4.26. The molecule has 3 aromatic rings. The van der Waals surface area contributed by atoms with Crippen LogP contribution in [0.3, 0.4) is 0 Å². The number of nitrogens with zero attached hydrogens (tertiary/aromatic N) is 2. The molecule has 3 rings (SSSR count). The molecule has 0 N–H and O–H groups in total. The van der Waals surface area contributed by atoms with Gasteiger partial charge in [-0.1, -0.05) is 23.7 Å². The molecule has 0 unspecified atom stereocenters. The lowest BCUT2D eigenvalue weighted by Crippen LogP contribution is -2.11. The van der Waals surface area contributed by atoms with Crippen molar-refractivity contribution < 1.29 is 18.3 Å². The Morgan fingerprint density at radius 3 is 2.46 bits per heavy atom. The van der Waals surface area contributed by atoms with Crippen molar-refractivity contribution in [2.45, 2.75) is 0 Å². The standard InChI is InChI=1S/C17H11ClF2N2O2/c1-24-17(23)16-9-14(10-2-4-11(18)5-3-10)21-22(16)15-7-6-12(19)8-13(15)20/h2-9H,1H3. The Bertz CT molecular complexity index is 907. The van der Waals surface area contributed by atoms with Crippen molar-refractivity contribution in [3.05, 3.63) is 70.9 Å². The van der Waals surface area contributed by atoms with Crippen molar-refractivity contribution in [1.29, 1.82) is 0 Å². The summed E-state index contributed by atoms with van der Waals surface area (Å²) in [5, 5.41) is 4.80. The molecule has 4 nitrogen and oxygen atoms in total. The second-order valence-corrected chi connectivity index (χ2v) is 5.36. The van der Waals surface area contributed by atoms with Crippen molar-refractivity contribution in [3.63, 3.8) is 0 Å². The average Bonchev–Trinajstić information content (AvgIpc) is 2.99. The molecule has 0 saturated heterocycles. The zero-order valence-electron chi connectivity index (χ0n) is 12.5. The molecular formula is C17H11ClF2N2O2. The monoisotopic (exact) mass is 348 g/mol. The van der Waals surface area contributed by atoms with E-state index < -0.39 is 17.6 Å². The first kappa shape index (κ1) is 16.1. The fourth-order valence-corrected chi connectivity index (χ4v) is 2.36. The van der Waals surface area contributed by atoms with Crippen molar-refractivity contribution in [2.75, 3.05) is 7.11 Å². The van der Waals surface area contributed by atoms with Crippen LogP contribution in [0.15, 0.2) is 48.5 Å². The van der Waals surface area contributed by atoms with Gasteiger partial charge in [0, 0.05) is 16.7 Å². The Hall–Kier alpha value is -2.73. The fourth-order valence-electron chi connectivity index (χ4n) is 2.23. The quantitative estimate of drug-likeness (QED) is 0.664. The van der Waals surface area contributed by atoms with Gasteiger partial charge in [0.1, 0.15) is 11.5 Å². The lowest BCUT2D eigenvalue weighted by molar-refractivity contribution is 0.0590. The highest BCUT2D eigenvalue weighted by Crippen LogP contribution is 2.25. The summed E-state index contributed by atoms with van der Waals surface area (Å²) in [6.07, 6.45) is 0. The zero-order chi connectivity index (χ0) is 17.3. The summed E-state index contributed by atoms with van der Waals surface area (Å²) in [7, 11) is 1.21. The fraction of sp³-hybridized carbons (Fsp3) is 0.0588. The van der Waals surface area contributed by atoms with Crippen LogP contribution in [0.2, 0.25) is 5.02 Å². The smallest absolute Gasteiger partial charge is 0.356 e. The largest absolute Gasteiger partial charge is 0.464 e. The van der Waals surface area contributed by atoms with Crippen molar-refractivity contribution in [3.8, 4) is 16.9 Å². The van der Waals surface area contributed by atoms with Gasteiger partial charge in [-0.25, -0.2) is 18.3 Å². The van der Waals surface area contributed by atoms with Gasteiger partial charge in [0.25, 0.3) is 0 Å². The number of carbonyl (C=O) groups is 1. The number of hydrogen-bond acceptors (Lipinski definition) is 3. The summed E-state index contributed by atoms with van der Waals surface area (Å²) < 4.78 is 33.0. The molecule has 122 valence electrons. The maximum absolute atomic E-state index is 14.1. The van der Waals surface area contributed by atoms with E-state index in [0.29, 0.717) is 16.3 Å². The number of rotatable bonds is 3. The number of ether oxygens (including phenoxy) is 1. The van der Waals surface area contributed by atoms with E-state index in [-0.39, 0.29) is 11.4 Å². The summed E-state index contributed by atoms with van der Waals surface area (Å²) in [4.78, 5) is 12.0. The van der Waals surface area contributed by atoms with Crippen LogP contribution in [-0.4, -0.2) is 22.9 Å². The van der Waals surface area contributed by atoms with Crippen molar-refractivity contribution in [2.24, 2.45) is 0 Å². The maximum atomic E-state index is 14.1. The number of carbonyl (C=O) groups excluding carboxylic acids is 1. The van der Waals surface area contributed by atoms with Gasteiger partial charge in [-0.2, -0.15) is 5.10 Å². The average molecular weight is 349 g/mol. The van der Waals surface area contributed by atoms with Gasteiger partial charge >= 0.3 is 5.97 Å². The molecular weight excluding hydrogens is 338 g/mol. The summed E-state index contributed by atoms with van der Waals surface area (Å²) in [5.74, 6) is -2.25. The highest BCUT2D eigenvalue weighted by molar-refractivity contribution is 6.30. The number of aromatic nitrogens is 2. The second kappa shape index (κ2) is 6.41. The number of halogens is 3. The molecule has 0 aliphatic heterocycles. The van der Waals surface area contributed by atoms with Crippen molar-refractivity contribution >= 4 is 17.6 Å². The van der Waals surface area contributed by atoms with E-state index in [1.807, 2.05) is 0 Å². The Labute approximate surface area is 141 Å². The number of esters is 1. The van der Waals surface area contributed by atoms with Crippen LogP contribution >= 0.6 is 11.6 Å². The van der Waals surface area contributed by atoms with E-state index in [0.717, 1.165) is 16.8 Å². The number of hydrogen-bond donors (Lipinski definition) is 0. The Morgan fingerprint density at radius 2 is 1.83 bits per heavy atom. The van der Waals surface area contributed by atoms with Gasteiger partial charge in [-0.05, 0) is 30.3 Å². The van der Waals surface area contributed by atoms with E-state index in [9.17, 15) is 13.6 Å². The van der Waals surface area contributed by atoms with E-state index in [1.54, 1.807) is 24.3 Å². The van der Waals surface area contributed by atoms with Crippen molar-refractivity contribution in [1.82, 2.24) is 9.78 Å². The molecule has 1 aromatic heterocycles. The molecule has 0 amide bonds. The van der Waals surface area contributed by atoms with Gasteiger partial charge in [-0.15, -0.1) is 0 Å². The van der Waals surface area contributed by atoms with Crippen LogP contribution in [0.25, 0.3) is 16.9 Å². The molecule has 0 aliphatic rings. The number of methoxy groups -OCH3 is 1. The van der Waals surface area contributed by atoms with E-state index in [1.165, 1.54) is 19.2 Å². The topological polar surface area (TPSA) is 44.1 Å². The minimum atomic E-state index is -0.842. The van der Waals surface area contributed by atoms with E-state index in [2.05, 4.69) is 5.10 Å². The minimum absolute atomic E-state index is 0.0213. The highest BCUT2D eigenvalue weighted by Gasteiger charge is 2.20. The van der Waals surface area contributed by atoms with Crippen LogP contribution < -0.4 is 0 Å². The normalized spacial score (nSPS) is 10.7. The molecule has 0 saturated carbocycles. The molecule has 0 atom stereocenters. The Morgan fingerprint density at radius 1 is 1.12 bits per heavy atom.